The molecule has 0 fully saturated rings. The first-order chi connectivity index (χ1) is 8.04. The number of carbonyl (C=O) groups excluding carboxylic acids is 2. The third kappa shape index (κ3) is 4.07. The standard InChI is InChI=1S/C12H14ClNO3/c1-8-7-9(3-4-10(8)13)12(16)14-6-5-11(15)17-2/h3-4,7H,5-6H2,1-2H3,(H,14,16). The Morgan fingerprint density at radius 1 is 1.41 bits per heavy atom. The van der Waals surface area contributed by atoms with Crippen molar-refractivity contribution in [3.63, 3.8) is 0 Å². The highest BCUT2D eigenvalue weighted by atomic mass is 35.5. The van der Waals surface area contributed by atoms with Gasteiger partial charge in [0.05, 0.1) is 13.5 Å². The average molecular weight is 256 g/mol. The molecule has 0 aliphatic heterocycles. The summed E-state index contributed by atoms with van der Waals surface area (Å²) in [5, 5.41) is 3.25. The first-order valence-electron chi connectivity index (χ1n) is 5.15. The molecule has 1 aromatic carbocycles. The number of hydrogen-bond acceptors (Lipinski definition) is 3. The van der Waals surface area contributed by atoms with Crippen LogP contribution in [0.25, 0.3) is 0 Å². The number of amides is 1. The van der Waals surface area contributed by atoms with Crippen molar-refractivity contribution < 1.29 is 14.3 Å². The molecule has 4 nitrogen and oxygen atoms in total. The zero-order valence-corrected chi connectivity index (χ0v) is 10.5. The minimum absolute atomic E-state index is 0.162. The number of halogens is 1. The van der Waals surface area contributed by atoms with E-state index >= 15 is 0 Å². The minimum Gasteiger partial charge on any atom is -0.469 e. The van der Waals surface area contributed by atoms with Gasteiger partial charge in [-0.05, 0) is 30.7 Å². The maximum absolute atomic E-state index is 11.7. The van der Waals surface area contributed by atoms with E-state index in [0.29, 0.717) is 10.6 Å². The molecule has 0 aromatic heterocycles. The molecular weight excluding hydrogens is 242 g/mol. The van der Waals surface area contributed by atoms with Gasteiger partial charge in [0.1, 0.15) is 0 Å². The maximum Gasteiger partial charge on any atom is 0.307 e. The van der Waals surface area contributed by atoms with Crippen LogP contribution in [0.4, 0.5) is 0 Å². The van der Waals surface area contributed by atoms with Crippen molar-refractivity contribution in [3.8, 4) is 0 Å². The monoisotopic (exact) mass is 255 g/mol. The van der Waals surface area contributed by atoms with Crippen LogP contribution in [0.2, 0.25) is 5.02 Å². The molecule has 0 bridgehead atoms. The van der Waals surface area contributed by atoms with Crippen LogP contribution < -0.4 is 5.32 Å². The lowest BCUT2D eigenvalue weighted by Gasteiger charge is -2.06. The molecule has 0 unspecified atom stereocenters. The summed E-state index contributed by atoms with van der Waals surface area (Å²) in [7, 11) is 1.31. The molecule has 5 heteroatoms. The number of ether oxygens (including phenoxy) is 1. The molecule has 0 heterocycles. The Bertz CT molecular complexity index is 432. The molecular formula is C12H14ClNO3. The van der Waals surface area contributed by atoms with E-state index in [1.165, 1.54) is 7.11 Å². The first-order valence-corrected chi connectivity index (χ1v) is 5.53. The lowest BCUT2D eigenvalue weighted by Crippen LogP contribution is -2.26. The third-order valence-corrected chi connectivity index (χ3v) is 2.69. The molecule has 0 spiro atoms. The van der Waals surface area contributed by atoms with Crippen LogP contribution in [0.5, 0.6) is 0 Å². The highest BCUT2D eigenvalue weighted by Gasteiger charge is 2.07. The topological polar surface area (TPSA) is 55.4 Å². The highest BCUT2D eigenvalue weighted by Crippen LogP contribution is 2.16. The molecule has 1 rings (SSSR count). The van der Waals surface area contributed by atoms with Gasteiger partial charge in [0.15, 0.2) is 0 Å². The van der Waals surface area contributed by atoms with Gasteiger partial charge in [-0.15, -0.1) is 0 Å². The Morgan fingerprint density at radius 3 is 2.71 bits per heavy atom. The predicted octanol–water partition coefficient (Wildman–Crippen LogP) is 1.94. The van der Waals surface area contributed by atoms with Crippen molar-refractivity contribution in [2.24, 2.45) is 0 Å². The summed E-state index contributed by atoms with van der Waals surface area (Å²) in [5.41, 5.74) is 1.36. The van der Waals surface area contributed by atoms with Gasteiger partial charge < -0.3 is 10.1 Å². The van der Waals surface area contributed by atoms with Crippen molar-refractivity contribution in [2.45, 2.75) is 13.3 Å². The van der Waals surface area contributed by atoms with Crippen molar-refractivity contribution in [1.29, 1.82) is 0 Å². The van der Waals surface area contributed by atoms with E-state index in [1.54, 1.807) is 18.2 Å². The average Bonchev–Trinajstić information content (AvgIpc) is 2.32. The van der Waals surface area contributed by atoms with E-state index in [9.17, 15) is 9.59 Å². The smallest absolute Gasteiger partial charge is 0.307 e. The molecule has 0 radical (unpaired) electrons. The quantitative estimate of drug-likeness (QED) is 0.837. The molecule has 92 valence electrons. The molecule has 1 aromatic rings. The third-order valence-electron chi connectivity index (χ3n) is 2.26. The van der Waals surface area contributed by atoms with Crippen LogP contribution >= 0.6 is 11.6 Å². The lowest BCUT2D eigenvalue weighted by molar-refractivity contribution is -0.140. The van der Waals surface area contributed by atoms with Crippen molar-refractivity contribution in [1.82, 2.24) is 5.32 Å². The second kappa shape index (κ2) is 6.25. The van der Waals surface area contributed by atoms with E-state index in [-0.39, 0.29) is 24.8 Å². The summed E-state index contributed by atoms with van der Waals surface area (Å²) >= 11 is 5.86. The molecule has 0 saturated carbocycles. The van der Waals surface area contributed by atoms with E-state index < -0.39 is 0 Å². The fourth-order valence-electron chi connectivity index (χ4n) is 1.27. The van der Waals surface area contributed by atoms with E-state index in [2.05, 4.69) is 10.1 Å². The molecule has 1 amide bonds. The van der Waals surface area contributed by atoms with Crippen LogP contribution in [0.3, 0.4) is 0 Å². The highest BCUT2D eigenvalue weighted by molar-refractivity contribution is 6.31. The summed E-state index contributed by atoms with van der Waals surface area (Å²) in [6.07, 6.45) is 0.162. The maximum atomic E-state index is 11.7. The number of hydrogen-bond donors (Lipinski definition) is 1. The Labute approximate surface area is 105 Å². The Hall–Kier alpha value is -1.55. The van der Waals surface area contributed by atoms with Crippen LogP contribution in [-0.4, -0.2) is 25.5 Å². The summed E-state index contributed by atoms with van der Waals surface area (Å²) in [6.45, 7) is 2.08. The van der Waals surface area contributed by atoms with Crippen molar-refractivity contribution in [3.05, 3.63) is 34.3 Å². The van der Waals surface area contributed by atoms with Gasteiger partial charge in [0.25, 0.3) is 5.91 Å². The molecule has 0 aliphatic rings. The molecule has 0 saturated heterocycles. The van der Waals surface area contributed by atoms with Gasteiger partial charge in [0, 0.05) is 17.1 Å². The van der Waals surface area contributed by atoms with E-state index in [0.717, 1.165) is 5.56 Å². The van der Waals surface area contributed by atoms with Crippen molar-refractivity contribution in [2.75, 3.05) is 13.7 Å². The summed E-state index contributed by atoms with van der Waals surface area (Å²) in [5.74, 6) is -0.578. The number of benzene rings is 1. The van der Waals surface area contributed by atoms with Gasteiger partial charge in [-0.3, -0.25) is 9.59 Å². The SMILES string of the molecule is COC(=O)CCNC(=O)c1ccc(Cl)c(C)c1. The lowest BCUT2D eigenvalue weighted by atomic mass is 10.1. The van der Waals surface area contributed by atoms with Gasteiger partial charge in [-0.2, -0.15) is 0 Å². The largest absolute Gasteiger partial charge is 0.469 e. The summed E-state index contributed by atoms with van der Waals surface area (Å²) < 4.78 is 4.46. The van der Waals surface area contributed by atoms with Gasteiger partial charge in [0.2, 0.25) is 0 Å². The number of aryl methyl sites for hydroxylation is 1. The number of carbonyl (C=O) groups is 2. The second-order valence-corrected chi connectivity index (χ2v) is 3.95. The number of rotatable bonds is 4. The van der Waals surface area contributed by atoms with Gasteiger partial charge in [-0.25, -0.2) is 0 Å². The minimum atomic E-state index is -0.349. The Kier molecular flexibility index (Phi) is 4.97. The van der Waals surface area contributed by atoms with E-state index in [4.69, 9.17) is 11.6 Å². The first kappa shape index (κ1) is 13.5. The number of nitrogens with one attached hydrogen (secondary N) is 1. The number of methoxy groups -OCH3 is 1. The zero-order valence-electron chi connectivity index (χ0n) is 9.75. The molecule has 0 atom stereocenters. The Balaban J connectivity index is 2.52. The van der Waals surface area contributed by atoms with Crippen LogP contribution in [0, 0.1) is 6.92 Å². The fraction of sp³-hybridized carbons (Fsp3) is 0.333. The zero-order chi connectivity index (χ0) is 12.8. The van der Waals surface area contributed by atoms with Crippen LogP contribution in [0.15, 0.2) is 18.2 Å². The summed E-state index contributed by atoms with van der Waals surface area (Å²) in [4.78, 5) is 22.5. The second-order valence-electron chi connectivity index (χ2n) is 3.55. The van der Waals surface area contributed by atoms with Gasteiger partial charge >= 0.3 is 5.97 Å². The van der Waals surface area contributed by atoms with Gasteiger partial charge in [-0.1, -0.05) is 11.6 Å². The fourth-order valence-corrected chi connectivity index (χ4v) is 1.39. The molecule has 17 heavy (non-hydrogen) atoms. The normalized spacial score (nSPS) is 9.82. The predicted molar refractivity (Wildman–Crippen MR) is 65.2 cm³/mol. The molecule has 0 aliphatic carbocycles. The van der Waals surface area contributed by atoms with Crippen LogP contribution in [0.1, 0.15) is 22.3 Å². The number of esters is 1. The Morgan fingerprint density at radius 2 is 2.12 bits per heavy atom. The van der Waals surface area contributed by atoms with E-state index in [1.807, 2.05) is 6.92 Å². The summed E-state index contributed by atoms with van der Waals surface area (Å²) in [6, 6.07) is 5.02. The van der Waals surface area contributed by atoms with Crippen LogP contribution in [-0.2, 0) is 9.53 Å². The van der Waals surface area contributed by atoms with Crippen molar-refractivity contribution >= 4 is 23.5 Å². The molecule has 1 N–H and O–H groups in total.